The summed E-state index contributed by atoms with van der Waals surface area (Å²) in [4.78, 5) is 4.53. The van der Waals surface area contributed by atoms with Crippen molar-refractivity contribution in [2.24, 2.45) is 0 Å². The van der Waals surface area contributed by atoms with Crippen LogP contribution in [0.15, 0.2) is 47.0 Å². The van der Waals surface area contributed by atoms with Crippen LogP contribution in [-0.2, 0) is 0 Å². The quantitative estimate of drug-likeness (QED) is 0.760. The van der Waals surface area contributed by atoms with Crippen LogP contribution < -0.4 is 5.32 Å². The largest absolute Gasteiger partial charge is 0.339 e. The molecule has 0 amide bonds. The normalized spacial score (nSPS) is 15.6. The topological polar surface area (TPSA) is 51.0 Å². The van der Waals surface area contributed by atoms with E-state index in [2.05, 4.69) is 33.7 Å². The van der Waals surface area contributed by atoms with Crippen molar-refractivity contribution in [2.75, 3.05) is 13.1 Å². The maximum Gasteiger partial charge on any atom is 0.232 e. The van der Waals surface area contributed by atoms with Crippen molar-refractivity contribution in [1.82, 2.24) is 15.5 Å². The van der Waals surface area contributed by atoms with Crippen LogP contribution in [0.2, 0.25) is 0 Å². The second-order valence-electron chi connectivity index (χ2n) is 4.84. The van der Waals surface area contributed by atoms with Gasteiger partial charge in [-0.1, -0.05) is 47.6 Å². The van der Waals surface area contributed by atoms with E-state index in [0.717, 1.165) is 29.9 Å². The zero-order valence-corrected chi connectivity index (χ0v) is 10.3. The Bertz CT molecular complexity index is 726. The monoisotopic (exact) mass is 251 g/mol. The molecule has 1 aliphatic heterocycles. The van der Waals surface area contributed by atoms with Crippen LogP contribution in [0.3, 0.4) is 0 Å². The second kappa shape index (κ2) is 4.17. The smallest absolute Gasteiger partial charge is 0.232 e. The third-order valence-corrected chi connectivity index (χ3v) is 3.60. The highest BCUT2D eigenvalue weighted by Crippen LogP contribution is 2.28. The van der Waals surface area contributed by atoms with Gasteiger partial charge in [-0.2, -0.15) is 4.98 Å². The summed E-state index contributed by atoms with van der Waals surface area (Å²) in [6.07, 6.45) is 0. The second-order valence-corrected chi connectivity index (χ2v) is 4.84. The molecule has 1 aromatic heterocycles. The van der Waals surface area contributed by atoms with Crippen molar-refractivity contribution in [3.8, 4) is 11.4 Å². The van der Waals surface area contributed by atoms with E-state index in [1.165, 1.54) is 5.39 Å². The van der Waals surface area contributed by atoms with E-state index < -0.39 is 0 Å². The lowest BCUT2D eigenvalue weighted by Crippen LogP contribution is -2.40. The number of nitrogens with one attached hydrogen (secondary N) is 1. The molecule has 1 aliphatic rings. The summed E-state index contributed by atoms with van der Waals surface area (Å²) in [6, 6.07) is 14.4. The van der Waals surface area contributed by atoms with E-state index >= 15 is 0 Å². The predicted octanol–water partition coefficient (Wildman–Crippen LogP) is 2.58. The maximum atomic E-state index is 5.37. The summed E-state index contributed by atoms with van der Waals surface area (Å²) in [5.41, 5.74) is 1.03. The van der Waals surface area contributed by atoms with E-state index in [9.17, 15) is 0 Å². The van der Waals surface area contributed by atoms with Crippen molar-refractivity contribution in [1.29, 1.82) is 0 Å². The molecule has 4 nitrogen and oxygen atoms in total. The first-order valence-corrected chi connectivity index (χ1v) is 6.44. The van der Waals surface area contributed by atoms with Gasteiger partial charge in [-0.15, -0.1) is 0 Å². The van der Waals surface area contributed by atoms with E-state index in [-0.39, 0.29) is 0 Å². The van der Waals surface area contributed by atoms with Gasteiger partial charge in [0.1, 0.15) is 0 Å². The average molecular weight is 251 g/mol. The lowest BCUT2D eigenvalue weighted by molar-refractivity contribution is 0.308. The Morgan fingerprint density at radius 3 is 2.74 bits per heavy atom. The zero-order valence-electron chi connectivity index (χ0n) is 10.3. The molecule has 1 N–H and O–H groups in total. The minimum atomic E-state index is 0.372. The van der Waals surface area contributed by atoms with Crippen molar-refractivity contribution >= 4 is 10.8 Å². The van der Waals surface area contributed by atoms with Crippen LogP contribution in [0, 0.1) is 0 Å². The Kier molecular flexibility index (Phi) is 2.35. The standard InChI is InChI=1S/C15H13N3O/c1-2-6-12-10(4-1)5-3-7-13(12)14-17-15(19-18-14)11-8-16-9-11/h1-7,11,16H,8-9H2. The molecule has 0 radical (unpaired) electrons. The van der Waals surface area contributed by atoms with Crippen LogP contribution in [0.5, 0.6) is 0 Å². The first-order valence-electron chi connectivity index (χ1n) is 6.44. The maximum absolute atomic E-state index is 5.37. The molecule has 1 saturated heterocycles. The van der Waals surface area contributed by atoms with Crippen LogP contribution in [0.1, 0.15) is 11.8 Å². The van der Waals surface area contributed by atoms with Gasteiger partial charge in [0.2, 0.25) is 11.7 Å². The van der Waals surface area contributed by atoms with E-state index in [1.807, 2.05) is 24.3 Å². The lowest BCUT2D eigenvalue weighted by Gasteiger charge is -2.22. The molecule has 94 valence electrons. The van der Waals surface area contributed by atoms with Gasteiger partial charge in [0.05, 0.1) is 5.92 Å². The van der Waals surface area contributed by atoms with Crippen LogP contribution in [0.4, 0.5) is 0 Å². The Balaban J connectivity index is 1.83. The van der Waals surface area contributed by atoms with Crippen molar-refractivity contribution in [3.05, 3.63) is 48.4 Å². The number of benzene rings is 2. The SMILES string of the molecule is c1ccc2c(-c3noc(C4CNC4)n3)cccc2c1. The Hall–Kier alpha value is -2.20. The Labute approximate surface area is 110 Å². The van der Waals surface area contributed by atoms with Crippen molar-refractivity contribution in [2.45, 2.75) is 5.92 Å². The average Bonchev–Trinajstić information content (AvgIpc) is 2.85. The van der Waals surface area contributed by atoms with E-state index in [4.69, 9.17) is 4.52 Å². The summed E-state index contributed by atoms with van der Waals surface area (Å²) >= 11 is 0. The van der Waals surface area contributed by atoms with Gasteiger partial charge >= 0.3 is 0 Å². The molecular formula is C15H13N3O. The molecular weight excluding hydrogens is 238 g/mol. The number of hydrogen-bond donors (Lipinski definition) is 1. The number of fused-ring (bicyclic) bond motifs is 1. The van der Waals surface area contributed by atoms with Crippen molar-refractivity contribution < 1.29 is 4.52 Å². The van der Waals surface area contributed by atoms with Crippen LogP contribution in [-0.4, -0.2) is 23.2 Å². The first-order chi connectivity index (χ1) is 9.42. The van der Waals surface area contributed by atoms with Crippen LogP contribution in [0.25, 0.3) is 22.2 Å². The van der Waals surface area contributed by atoms with Gasteiger partial charge in [-0.25, -0.2) is 0 Å². The minimum Gasteiger partial charge on any atom is -0.339 e. The lowest BCUT2D eigenvalue weighted by atomic mass is 10.0. The number of nitrogens with zero attached hydrogens (tertiary/aromatic N) is 2. The zero-order chi connectivity index (χ0) is 12.7. The number of hydrogen-bond acceptors (Lipinski definition) is 4. The Morgan fingerprint density at radius 2 is 1.89 bits per heavy atom. The van der Waals surface area contributed by atoms with Gasteiger partial charge in [-0.05, 0) is 10.8 Å². The summed E-state index contributed by atoms with van der Waals surface area (Å²) in [5, 5.41) is 9.68. The van der Waals surface area contributed by atoms with Gasteiger partial charge in [0.15, 0.2) is 0 Å². The third kappa shape index (κ3) is 1.72. The predicted molar refractivity (Wildman–Crippen MR) is 72.9 cm³/mol. The van der Waals surface area contributed by atoms with Gasteiger partial charge in [0, 0.05) is 18.7 Å². The van der Waals surface area contributed by atoms with Gasteiger partial charge in [-0.3, -0.25) is 0 Å². The fourth-order valence-corrected chi connectivity index (χ4v) is 2.39. The number of aromatic nitrogens is 2. The molecule has 4 heteroatoms. The summed E-state index contributed by atoms with van der Waals surface area (Å²) in [5.74, 6) is 1.79. The molecule has 0 saturated carbocycles. The van der Waals surface area contributed by atoms with E-state index in [0.29, 0.717) is 11.7 Å². The highest BCUT2D eigenvalue weighted by atomic mass is 16.5. The van der Waals surface area contributed by atoms with Crippen molar-refractivity contribution in [3.63, 3.8) is 0 Å². The molecule has 2 aromatic carbocycles. The Morgan fingerprint density at radius 1 is 1.05 bits per heavy atom. The molecule has 1 fully saturated rings. The molecule has 4 rings (SSSR count). The molecule has 0 spiro atoms. The highest BCUT2D eigenvalue weighted by molar-refractivity contribution is 5.94. The molecule has 2 heterocycles. The van der Waals surface area contributed by atoms with Gasteiger partial charge < -0.3 is 9.84 Å². The highest BCUT2D eigenvalue weighted by Gasteiger charge is 2.25. The first kappa shape index (κ1) is 10.7. The molecule has 0 atom stereocenters. The fraction of sp³-hybridized carbons (Fsp3) is 0.200. The molecule has 19 heavy (non-hydrogen) atoms. The minimum absolute atomic E-state index is 0.372. The third-order valence-electron chi connectivity index (χ3n) is 3.60. The molecule has 0 bridgehead atoms. The van der Waals surface area contributed by atoms with Gasteiger partial charge in [0.25, 0.3) is 0 Å². The fourth-order valence-electron chi connectivity index (χ4n) is 2.39. The van der Waals surface area contributed by atoms with E-state index in [1.54, 1.807) is 0 Å². The number of rotatable bonds is 2. The summed E-state index contributed by atoms with van der Waals surface area (Å²) in [6.45, 7) is 1.86. The van der Waals surface area contributed by atoms with Crippen LogP contribution >= 0.6 is 0 Å². The summed E-state index contributed by atoms with van der Waals surface area (Å²) < 4.78 is 5.37. The molecule has 3 aromatic rings. The molecule has 0 unspecified atom stereocenters. The molecule has 0 aliphatic carbocycles. The summed E-state index contributed by atoms with van der Waals surface area (Å²) in [7, 11) is 0.